The Hall–Kier alpha value is -2.21. The molecule has 0 radical (unpaired) electrons. The van der Waals surface area contributed by atoms with Crippen molar-refractivity contribution >= 4 is 16.9 Å². The molecule has 2 unspecified atom stereocenters. The summed E-state index contributed by atoms with van der Waals surface area (Å²) in [5.74, 6) is 1.48. The summed E-state index contributed by atoms with van der Waals surface area (Å²) >= 11 is 0. The molecule has 2 heterocycles. The van der Waals surface area contributed by atoms with E-state index >= 15 is 4.39 Å². The highest BCUT2D eigenvalue weighted by Gasteiger charge is 2.31. The van der Waals surface area contributed by atoms with E-state index in [0.717, 1.165) is 49.3 Å². The van der Waals surface area contributed by atoms with Gasteiger partial charge < -0.3 is 14.7 Å². The lowest BCUT2D eigenvalue weighted by Crippen LogP contribution is -2.42. The number of benzene rings is 1. The Balaban J connectivity index is 1.40. The van der Waals surface area contributed by atoms with Crippen LogP contribution in [0.2, 0.25) is 0 Å². The molecule has 5 nitrogen and oxygen atoms in total. The second kappa shape index (κ2) is 11.3. The number of alkyl halides is 1. The first-order chi connectivity index (χ1) is 16.0. The number of aromatic nitrogens is 1. The average molecular weight is 457 g/mol. The number of likely N-dealkylation sites (tertiary alicyclic amines) is 1. The van der Waals surface area contributed by atoms with Crippen LogP contribution in [-0.2, 0) is 4.79 Å². The molecule has 0 spiro atoms. The molecule has 1 aliphatic heterocycles. The Kier molecular flexibility index (Phi) is 8.18. The maximum atomic E-state index is 15.5. The largest absolute Gasteiger partial charge is 0.497 e. The number of piperidine rings is 1. The molecule has 2 aromatic rings. The first kappa shape index (κ1) is 23.9. The van der Waals surface area contributed by atoms with Gasteiger partial charge in [-0.05, 0) is 92.7 Å². The smallest absolute Gasteiger partial charge is 0.303 e. The Morgan fingerprint density at radius 2 is 2.03 bits per heavy atom. The number of ether oxygens (including phenoxy) is 1. The number of nitrogens with zero attached hydrogens (tertiary/aromatic N) is 2. The molecule has 180 valence electrons. The normalized spacial score (nSPS) is 23.1. The summed E-state index contributed by atoms with van der Waals surface area (Å²) in [5, 5.41) is 10.1. The van der Waals surface area contributed by atoms with E-state index in [-0.39, 0.29) is 6.42 Å². The van der Waals surface area contributed by atoms with Crippen LogP contribution in [0, 0.1) is 17.8 Å². The van der Waals surface area contributed by atoms with E-state index in [0.29, 0.717) is 36.0 Å². The molecule has 6 heteroatoms. The van der Waals surface area contributed by atoms with E-state index < -0.39 is 12.1 Å². The Labute approximate surface area is 196 Å². The van der Waals surface area contributed by atoms with E-state index in [1.165, 1.54) is 25.7 Å². The summed E-state index contributed by atoms with van der Waals surface area (Å²) in [4.78, 5) is 18.2. The van der Waals surface area contributed by atoms with Crippen molar-refractivity contribution in [3.63, 3.8) is 0 Å². The van der Waals surface area contributed by atoms with Crippen molar-refractivity contribution in [3.05, 3.63) is 36.0 Å². The molecule has 4 rings (SSSR count). The second-order valence-corrected chi connectivity index (χ2v) is 9.98. The fourth-order valence-electron chi connectivity index (χ4n) is 5.96. The van der Waals surface area contributed by atoms with Crippen LogP contribution in [0.25, 0.3) is 10.9 Å². The molecular weight excluding hydrogens is 419 g/mol. The number of hydrogen-bond acceptors (Lipinski definition) is 4. The van der Waals surface area contributed by atoms with Gasteiger partial charge in [0.2, 0.25) is 0 Å². The van der Waals surface area contributed by atoms with Crippen molar-refractivity contribution in [2.75, 3.05) is 26.7 Å². The number of hydrogen-bond donors (Lipinski definition) is 1. The van der Waals surface area contributed by atoms with Gasteiger partial charge in [0.05, 0.1) is 12.6 Å². The molecule has 3 atom stereocenters. The number of methoxy groups -OCH3 is 1. The Morgan fingerprint density at radius 3 is 2.79 bits per heavy atom. The summed E-state index contributed by atoms with van der Waals surface area (Å²) in [6, 6.07) is 7.35. The van der Waals surface area contributed by atoms with Crippen molar-refractivity contribution in [1.82, 2.24) is 9.88 Å². The third-order valence-electron chi connectivity index (χ3n) is 7.81. The number of rotatable bonds is 10. The van der Waals surface area contributed by atoms with Gasteiger partial charge in [-0.1, -0.05) is 12.8 Å². The first-order valence-electron chi connectivity index (χ1n) is 12.5. The van der Waals surface area contributed by atoms with Crippen LogP contribution >= 0.6 is 0 Å². The standard InChI is InChI=1S/C27H37FN2O3/c1-33-22-8-10-26-24(16-22)23(12-14-29-26)25(28)9-6-20-13-15-30(17-19-4-2-3-5-19)18-21(20)7-11-27(31)32/h8,10,12,14,16,19-21,25H,2-7,9,11,13,15,17-18H2,1H3,(H,31,32)/t20?,21?,25-/m0/s1. The second-order valence-electron chi connectivity index (χ2n) is 9.98. The minimum absolute atomic E-state index is 0.201. The third kappa shape index (κ3) is 6.23. The van der Waals surface area contributed by atoms with Gasteiger partial charge in [-0.25, -0.2) is 4.39 Å². The number of carboxylic acids is 1. The lowest BCUT2D eigenvalue weighted by atomic mass is 9.78. The minimum atomic E-state index is -1.07. The molecule has 0 bridgehead atoms. The monoisotopic (exact) mass is 456 g/mol. The lowest BCUT2D eigenvalue weighted by molar-refractivity contribution is -0.137. The highest BCUT2D eigenvalue weighted by Crippen LogP contribution is 2.37. The maximum Gasteiger partial charge on any atom is 0.303 e. The highest BCUT2D eigenvalue weighted by atomic mass is 19.1. The van der Waals surface area contributed by atoms with Crippen molar-refractivity contribution in [2.24, 2.45) is 17.8 Å². The predicted octanol–water partition coefficient (Wildman–Crippen LogP) is 6.03. The zero-order chi connectivity index (χ0) is 23.2. The fraction of sp³-hybridized carbons (Fsp3) is 0.630. The molecule has 1 N–H and O–H groups in total. The third-order valence-corrected chi connectivity index (χ3v) is 7.81. The van der Waals surface area contributed by atoms with Gasteiger partial charge in [-0.15, -0.1) is 0 Å². The molecule has 33 heavy (non-hydrogen) atoms. The van der Waals surface area contributed by atoms with Crippen LogP contribution in [0.4, 0.5) is 4.39 Å². The molecular formula is C27H37FN2O3. The number of fused-ring (bicyclic) bond motifs is 1. The van der Waals surface area contributed by atoms with E-state index in [1.807, 2.05) is 18.2 Å². The summed E-state index contributed by atoms with van der Waals surface area (Å²) in [6.45, 7) is 3.16. The van der Waals surface area contributed by atoms with Crippen molar-refractivity contribution in [1.29, 1.82) is 0 Å². The molecule has 2 fully saturated rings. The summed E-state index contributed by atoms with van der Waals surface area (Å²) in [6.07, 6.45) is 9.11. The molecule has 1 aromatic heterocycles. The van der Waals surface area contributed by atoms with Gasteiger partial charge in [-0.3, -0.25) is 9.78 Å². The SMILES string of the molecule is COc1ccc2nccc([C@@H](F)CCC3CCN(CC4CCCC4)CC3CCC(=O)O)c2c1. The first-order valence-corrected chi connectivity index (χ1v) is 12.5. The van der Waals surface area contributed by atoms with Crippen LogP contribution in [0.3, 0.4) is 0 Å². The molecule has 1 aliphatic carbocycles. The summed E-state index contributed by atoms with van der Waals surface area (Å²) < 4.78 is 20.8. The van der Waals surface area contributed by atoms with Gasteiger partial charge in [-0.2, -0.15) is 0 Å². The van der Waals surface area contributed by atoms with Crippen molar-refractivity contribution in [2.45, 2.75) is 64.0 Å². The fourth-order valence-corrected chi connectivity index (χ4v) is 5.96. The number of pyridine rings is 1. The van der Waals surface area contributed by atoms with E-state index in [1.54, 1.807) is 19.4 Å². The Bertz CT molecular complexity index is 931. The molecule has 0 amide bonds. The maximum absolute atomic E-state index is 15.5. The predicted molar refractivity (Wildman–Crippen MR) is 128 cm³/mol. The van der Waals surface area contributed by atoms with Gasteiger partial charge in [0.25, 0.3) is 0 Å². The number of aliphatic carboxylic acids is 1. The minimum Gasteiger partial charge on any atom is -0.497 e. The molecule has 1 saturated heterocycles. The van der Waals surface area contributed by atoms with Crippen LogP contribution in [-0.4, -0.2) is 47.7 Å². The topological polar surface area (TPSA) is 62.7 Å². The number of halogens is 1. The van der Waals surface area contributed by atoms with Gasteiger partial charge in [0.15, 0.2) is 0 Å². The lowest BCUT2D eigenvalue weighted by Gasteiger charge is -2.40. The van der Waals surface area contributed by atoms with Gasteiger partial charge in [0.1, 0.15) is 11.9 Å². The molecule has 1 aromatic carbocycles. The quantitative estimate of drug-likeness (QED) is 0.473. The van der Waals surface area contributed by atoms with Crippen molar-refractivity contribution in [3.8, 4) is 5.75 Å². The van der Waals surface area contributed by atoms with E-state index in [4.69, 9.17) is 4.74 Å². The zero-order valence-corrected chi connectivity index (χ0v) is 19.7. The van der Waals surface area contributed by atoms with Crippen LogP contribution < -0.4 is 4.74 Å². The van der Waals surface area contributed by atoms with E-state index in [9.17, 15) is 9.90 Å². The highest BCUT2D eigenvalue weighted by molar-refractivity contribution is 5.83. The van der Waals surface area contributed by atoms with Crippen molar-refractivity contribution < 1.29 is 19.0 Å². The average Bonchev–Trinajstić information content (AvgIpc) is 3.34. The Morgan fingerprint density at radius 1 is 1.21 bits per heavy atom. The molecule has 2 aliphatic rings. The summed E-state index contributed by atoms with van der Waals surface area (Å²) in [5.41, 5.74) is 1.44. The van der Waals surface area contributed by atoms with Gasteiger partial charge >= 0.3 is 5.97 Å². The van der Waals surface area contributed by atoms with Crippen LogP contribution in [0.15, 0.2) is 30.5 Å². The number of carboxylic acid groups (broad SMARTS) is 1. The van der Waals surface area contributed by atoms with E-state index in [2.05, 4.69) is 9.88 Å². The molecule has 1 saturated carbocycles. The summed E-state index contributed by atoms with van der Waals surface area (Å²) in [7, 11) is 1.61. The van der Waals surface area contributed by atoms with Crippen LogP contribution in [0.1, 0.15) is 69.5 Å². The number of carbonyl (C=O) groups is 1. The van der Waals surface area contributed by atoms with Gasteiger partial charge in [0, 0.05) is 31.1 Å². The van der Waals surface area contributed by atoms with Crippen LogP contribution in [0.5, 0.6) is 5.75 Å². The zero-order valence-electron chi connectivity index (χ0n) is 19.7.